The second-order valence-electron chi connectivity index (χ2n) is 4.18. The van der Waals surface area contributed by atoms with Gasteiger partial charge in [0, 0.05) is 17.1 Å². The standard InChI is InChI=1S/C12H15N3O2/c1-7(2)15-11-5-8(13)4-9(12(16)17-3)10(11)6-14-15/h4-7H,13H2,1-3H3. The highest BCUT2D eigenvalue weighted by Gasteiger charge is 2.15. The SMILES string of the molecule is COC(=O)c1cc(N)cc2c1cnn2C(C)C. The van der Waals surface area contributed by atoms with E-state index in [9.17, 15) is 4.79 Å². The number of rotatable bonds is 2. The van der Waals surface area contributed by atoms with Crippen molar-refractivity contribution >= 4 is 22.6 Å². The van der Waals surface area contributed by atoms with Crippen LogP contribution in [-0.4, -0.2) is 22.9 Å². The lowest BCUT2D eigenvalue weighted by molar-refractivity contribution is 0.0603. The zero-order valence-electron chi connectivity index (χ0n) is 10.1. The Morgan fingerprint density at radius 1 is 1.47 bits per heavy atom. The lowest BCUT2D eigenvalue weighted by Crippen LogP contribution is -2.05. The lowest BCUT2D eigenvalue weighted by atomic mass is 10.1. The van der Waals surface area contributed by atoms with Gasteiger partial charge in [-0.05, 0) is 26.0 Å². The van der Waals surface area contributed by atoms with E-state index in [0.29, 0.717) is 11.3 Å². The molecule has 17 heavy (non-hydrogen) atoms. The highest BCUT2D eigenvalue weighted by Crippen LogP contribution is 2.25. The molecule has 0 unspecified atom stereocenters. The molecule has 0 saturated heterocycles. The lowest BCUT2D eigenvalue weighted by Gasteiger charge is -2.08. The maximum atomic E-state index is 11.6. The van der Waals surface area contributed by atoms with E-state index >= 15 is 0 Å². The van der Waals surface area contributed by atoms with Crippen LogP contribution in [0, 0.1) is 0 Å². The third-order valence-corrected chi connectivity index (χ3v) is 2.63. The van der Waals surface area contributed by atoms with Crippen molar-refractivity contribution in [2.45, 2.75) is 19.9 Å². The molecule has 0 fully saturated rings. The Morgan fingerprint density at radius 2 is 2.18 bits per heavy atom. The van der Waals surface area contributed by atoms with Crippen molar-refractivity contribution in [3.8, 4) is 0 Å². The van der Waals surface area contributed by atoms with Crippen LogP contribution in [0.25, 0.3) is 10.9 Å². The number of carbonyl (C=O) groups is 1. The van der Waals surface area contributed by atoms with Gasteiger partial charge in [-0.3, -0.25) is 4.68 Å². The molecule has 5 nitrogen and oxygen atoms in total. The molecule has 0 atom stereocenters. The molecule has 5 heteroatoms. The Hall–Kier alpha value is -2.04. The number of ether oxygens (including phenoxy) is 1. The van der Waals surface area contributed by atoms with E-state index in [1.54, 1.807) is 12.3 Å². The zero-order valence-corrected chi connectivity index (χ0v) is 10.1. The predicted molar refractivity (Wildman–Crippen MR) is 65.9 cm³/mol. The van der Waals surface area contributed by atoms with E-state index in [0.717, 1.165) is 10.9 Å². The molecular weight excluding hydrogens is 218 g/mol. The molecule has 90 valence electrons. The molecule has 1 heterocycles. The fourth-order valence-electron chi connectivity index (χ4n) is 1.86. The van der Waals surface area contributed by atoms with Crippen LogP contribution in [0.4, 0.5) is 5.69 Å². The van der Waals surface area contributed by atoms with Gasteiger partial charge in [0.25, 0.3) is 0 Å². The van der Waals surface area contributed by atoms with Crippen LogP contribution < -0.4 is 5.73 Å². The molecule has 0 amide bonds. The normalized spacial score (nSPS) is 11.1. The van der Waals surface area contributed by atoms with Gasteiger partial charge in [-0.15, -0.1) is 0 Å². The quantitative estimate of drug-likeness (QED) is 0.636. The highest BCUT2D eigenvalue weighted by molar-refractivity contribution is 6.04. The van der Waals surface area contributed by atoms with Gasteiger partial charge >= 0.3 is 5.97 Å². The van der Waals surface area contributed by atoms with Crippen LogP contribution in [-0.2, 0) is 4.74 Å². The fourth-order valence-corrected chi connectivity index (χ4v) is 1.86. The Bertz CT molecular complexity index is 572. The van der Waals surface area contributed by atoms with Crippen molar-refractivity contribution in [1.29, 1.82) is 0 Å². The molecule has 0 aliphatic heterocycles. The van der Waals surface area contributed by atoms with E-state index in [4.69, 9.17) is 10.5 Å². The Morgan fingerprint density at radius 3 is 2.76 bits per heavy atom. The Labute approximate surface area is 99.2 Å². The average molecular weight is 233 g/mol. The first-order valence-corrected chi connectivity index (χ1v) is 5.39. The molecule has 0 radical (unpaired) electrons. The summed E-state index contributed by atoms with van der Waals surface area (Å²) in [6, 6.07) is 3.63. The predicted octanol–water partition coefficient (Wildman–Crippen LogP) is 1.99. The van der Waals surface area contributed by atoms with Crippen molar-refractivity contribution in [3.05, 3.63) is 23.9 Å². The van der Waals surface area contributed by atoms with E-state index in [2.05, 4.69) is 5.10 Å². The van der Waals surface area contributed by atoms with Crippen molar-refractivity contribution < 1.29 is 9.53 Å². The van der Waals surface area contributed by atoms with E-state index in [-0.39, 0.29) is 6.04 Å². The van der Waals surface area contributed by atoms with Gasteiger partial charge < -0.3 is 10.5 Å². The number of esters is 1. The Balaban J connectivity index is 2.74. The minimum atomic E-state index is -0.398. The molecule has 0 bridgehead atoms. The number of aromatic nitrogens is 2. The molecule has 1 aromatic carbocycles. The van der Waals surface area contributed by atoms with Gasteiger partial charge in [0.05, 0.1) is 24.4 Å². The van der Waals surface area contributed by atoms with Crippen molar-refractivity contribution in [2.24, 2.45) is 0 Å². The van der Waals surface area contributed by atoms with Crippen LogP contribution in [0.15, 0.2) is 18.3 Å². The van der Waals surface area contributed by atoms with Gasteiger partial charge in [-0.1, -0.05) is 0 Å². The zero-order chi connectivity index (χ0) is 12.6. The number of methoxy groups -OCH3 is 1. The average Bonchev–Trinajstić information content (AvgIpc) is 2.70. The number of nitrogen functional groups attached to an aromatic ring is 1. The monoisotopic (exact) mass is 233 g/mol. The summed E-state index contributed by atoms with van der Waals surface area (Å²) in [6.07, 6.45) is 1.67. The van der Waals surface area contributed by atoms with Crippen molar-refractivity contribution in [3.63, 3.8) is 0 Å². The van der Waals surface area contributed by atoms with E-state index < -0.39 is 5.97 Å². The number of benzene rings is 1. The summed E-state index contributed by atoms with van der Waals surface area (Å²) in [7, 11) is 1.35. The van der Waals surface area contributed by atoms with Crippen LogP contribution in [0.3, 0.4) is 0 Å². The first-order chi connectivity index (χ1) is 8.04. The van der Waals surface area contributed by atoms with Gasteiger partial charge in [0.1, 0.15) is 0 Å². The largest absolute Gasteiger partial charge is 0.465 e. The van der Waals surface area contributed by atoms with Crippen LogP contribution in [0.5, 0.6) is 0 Å². The van der Waals surface area contributed by atoms with Gasteiger partial charge in [-0.2, -0.15) is 5.10 Å². The fraction of sp³-hybridized carbons (Fsp3) is 0.333. The molecule has 0 spiro atoms. The van der Waals surface area contributed by atoms with Crippen LogP contribution in [0.1, 0.15) is 30.2 Å². The maximum absolute atomic E-state index is 11.6. The summed E-state index contributed by atoms with van der Waals surface area (Å²) in [6.45, 7) is 4.04. The number of hydrogen-bond donors (Lipinski definition) is 1. The van der Waals surface area contributed by atoms with Gasteiger partial charge in [-0.25, -0.2) is 4.79 Å². The third kappa shape index (κ3) is 1.84. The van der Waals surface area contributed by atoms with E-state index in [1.807, 2.05) is 24.6 Å². The first kappa shape index (κ1) is 11.4. The molecule has 0 aliphatic carbocycles. The molecule has 2 aromatic rings. The Kier molecular flexibility index (Phi) is 2.75. The van der Waals surface area contributed by atoms with Crippen molar-refractivity contribution in [2.75, 3.05) is 12.8 Å². The summed E-state index contributed by atoms with van der Waals surface area (Å²) in [5.74, 6) is -0.398. The number of carbonyl (C=O) groups excluding carboxylic acids is 1. The second kappa shape index (κ2) is 4.08. The minimum absolute atomic E-state index is 0.208. The number of nitrogens with two attached hydrogens (primary N) is 1. The second-order valence-corrected chi connectivity index (χ2v) is 4.18. The van der Waals surface area contributed by atoms with Gasteiger partial charge in [0.15, 0.2) is 0 Å². The highest BCUT2D eigenvalue weighted by atomic mass is 16.5. The van der Waals surface area contributed by atoms with Crippen LogP contribution >= 0.6 is 0 Å². The molecule has 0 saturated carbocycles. The van der Waals surface area contributed by atoms with E-state index in [1.165, 1.54) is 7.11 Å². The summed E-state index contributed by atoms with van der Waals surface area (Å²) in [4.78, 5) is 11.6. The van der Waals surface area contributed by atoms with Crippen molar-refractivity contribution in [1.82, 2.24) is 9.78 Å². The summed E-state index contributed by atoms with van der Waals surface area (Å²) >= 11 is 0. The molecule has 0 aliphatic rings. The molecule has 1 aromatic heterocycles. The third-order valence-electron chi connectivity index (χ3n) is 2.63. The maximum Gasteiger partial charge on any atom is 0.338 e. The number of nitrogens with zero attached hydrogens (tertiary/aromatic N) is 2. The minimum Gasteiger partial charge on any atom is -0.465 e. The molecule has 2 rings (SSSR count). The topological polar surface area (TPSA) is 70.1 Å². The summed E-state index contributed by atoms with van der Waals surface area (Å²) < 4.78 is 6.57. The molecular formula is C12H15N3O2. The summed E-state index contributed by atoms with van der Waals surface area (Å²) in [5, 5.41) is 5.03. The smallest absolute Gasteiger partial charge is 0.338 e. The summed E-state index contributed by atoms with van der Waals surface area (Å²) in [5.41, 5.74) is 7.63. The number of anilines is 1. The molecule has 2 N–H and O–H groups in total. The number of hydrogen-bond acceptors (Lipinski definition) is 4. The van der Waals surface area contributed by atoms with Gasteiger partial charge in [0.2, 0.25) is 0 Å². The van der Waals surface area contributed by atoms with Crippen LogP contribution in [0.2, 0.25) is 0 Å². The number of fused-ring (bicyclic) bond motifs is 1. The first-order valence-electron chi connectivity index (χ1n) is 5.39.